The van der Waals surface area contributed by atoms with Crippen LogP contribution < -0.4 is 0 Å². The van der Waals surface area contributed by atoms with Crippen LogP contribution in [0.4, 0.5) is 0 Å². The first-order valence-electron chi connectivity index (χ1n) is 3.62. The van der Waals surface area contributed by atoms with Gasteiger partial charge in [0.25, 0.3) is 0 Å². The molecule has 58 valence electrons. The Labute approximate surface area is 62.5 Å². The van der Waals surface area contributed by atoms with Gasteiger partial charge in [0, 0.05) is 6.54 Å². The van der Waals surface area contributed by atoms with E-state index in [1.54, 1.807) is 0 Å². The molecule has 1 heterocycles. The van der Waals surface area contributed by atoms with Crippen molar-refractivity contribution in [1.29, 1.82) is 0 Å². The van der Waals surface area contributed by atoms with Crippen LogP contribution in [0.25, 0.3) is 0 Å². The fourth-order valence-corrected chi connectivity index (χ4v) is 1.03. The Bertz CT molecular complexity index is 129. The predicted octanol–water partition coefficient (Wildman–Crippen LogP) is 0.893. The Morgan fingerprint density at radius 1 is 1.70 bits per heavy atom. The van der Waals surface area contributed by atoms with Crippen LogP contribution in [0, 0.1) is 0 Å². The van der Waals surface area contributed by atoms with Crippen molar-refractivity contribution in [2.45, 2.75) is 13.0 Å². The summed E-state index contributed by atoms with van der Waals surface area (Å²) in [6, 6.07) is 0.636. The Kier molecular flexibility index (Phi) is 2.46. The van der Waals surface area contributed by atoms with Gasteiger partial charge in [-0.05, 0) is 14.0 Å². The van der Waals surface area contributed by atoms with Gasteiger partial charge in [0.15, 0.2) is 0 Å². The van der Waals surface area contributed by atoms with Gasteiger partial charge in [0.2, 0.25) is 0 Å². The van der Waals surface area contributed by atoms with Crippen LogP contribution in [0.3, 0.4) is 0 Å². The third-order valence-corrected chi connectivity index (χ3v) is 1.76. The van der Waals surface area contributed by atoms with Crippen molar-refractivity contribution < 1.29 is 4.74 Å². The van der Waals surface area contributed by atoms with Crippen molar-refractivity contribution in [2.24, 2.45) is 0 Å². The lowest BCUT2D eigenvalue weighted by molar-refractivity contribution is -0.0530. The molecule has 1 aliphatic heterocycles. The molecule has 0 amide bonds. The highest BCUT2D eigenvalue weighted by atomic mass is 16.5. The van der Waals surface area contributed by atoms with E-state index in [4.69, 9.17) is 4.74 Å². The fourth-order valence-electron chi connectivity index (χ4n) is 1.03. The van der Waals surface area contributed by atoms with Gasteiger partial charge in [0.1, 0.15) is 0 Å². The van der Waals surface area contributed by atoms with Crippen LogP contribution in [0.2, 0.25) is 0 Å². The summed E-state index contributed by atoms with van der Waals surface area (Å²) in [6.07, 6.45) is 0. The SMILES string of the molecule is C=C(C)CN(C)C1COC1. The van der Waals surface area contributed by atoms with Gasteiger partial charge >= 0.3 is 0 Å². The van der Waals surface area contributed by atoms with Crippen LogP contribution in [-0.2, 0) is 4.74 Å². The smallest absolute Gasteiger partial charge is 0.0645 e. The maximum absolute atomic E-state index is 5.07. The molecule has 0 aromatic heterocycles. The molecule has 0 radical (unpaired) electrons. The van der Waals surface area contributed by atoms with Crippen molar-refractivity contribution in [1.82, 2.24) is 4.90 Å². The van der Waals surface area contributed by atoms with Crippen molar-refractivity contribution >= 4 is 0 Å². The van der Waals surface area contributed by atoms with E-state index in [0.717, 1.165) is 19.8 Å². The summed E-state index contributed by atoms with van der Waals surface area (Å²) in [5.41, 5.74) is 1.22. The number of nitrogens with zero attached hydrogens (tertiary/aromatic N) is 1. The summed E-state index contributed by atoms with van der Waals surface area (Å²) in [5, 5.41) is 0. The zero-order valence-electron chi connectivity index (χ0n) is 6.76. The Balaban J connectivity index is 2.19. The van der Waals surface area contributed by atoms with E-state index in [2.05, 4.69) is 25.5 Å². The van der Waals surface area contributed by atoms with E-state index in [9.17, 15) is 0 Å². The standard InChI is InChI=1S/C8H15NO/c1-7(2)4-9(3)8-5-10-6-8/h8H,1,4-6H2,2-3H3. The van der Waals surface area contributed by atoms with Gasteiger partial charge in [-0.1, -0.05) is 12.2 Å². The molecule has 0 aromatic rings. The second-order valence-electron chi connectivity index (χ2n) is 3.06. The van der Waals surface area contributed by atoms with Crippen LogP contribution >= 0.6 is 0 Å². The Morgan fingerprint density at radius 3 is 2.60 bits per heavy atom. The molecule has 0 saturated carbocycles. The highest BCUT2D eigenvalue weighted by Gasteiger charge is 2.22. The van der Waals surface area contributed by atoms with Crippen LogP contribution in [-0.4, -0.2) is 37.7 Å². The van der Waals surface area contributed by atoms with Crippen LogP contribution in [0.15, 0.2) is 12.2 Å². The summed E-state index contributed by atoms with van der Waals surface area (Å²) >= 11 is 0. The molecule has 0 N–H and O–H groups in total. The maximum atomic E-state index is 5.07. The summed E-state index contributed by atoms with van der Waals surface area (Å²) in [6.45, 7) is 8.68. The zero-order chi connectivity index (χ0) is 7.56. The molecule has 10 heavy (non-hydrogen) atoms. The van der Waals surface area contributed by atoms with Gasteiger partial charge in [-0.25, -0.2) is 0 Å². The zero-order valence-corrected chi connectivity index (χ0v) is 6.76. The van der Waals surface area contributed by atoms with Gasteiger partial charge in [0.05, 0.1) is 19.3 Å². The van der Waals surface area contributed by atoms with Crippen molar-refractivity contribution in [2.75, 3.05) is 26.8 Å². The molecule has 2 nitrogen and oxygen atoms in total. The van der Waals surface area contributed by atoms with Crippen molar-refractivity contribution in [3.63, 3.8) is 0 Å². The largest absolute Gasteiger partial charge is 0.378 e. The average Bonchev–Trinajstić information content (AvgIpc) is 1.55. The summed E-state index contributed by atoms with van der Waals surface area (Å²) in [5.74, 6) is 0. The van der Waals surface area contributed by atoms with Gasteiger partial charge in [-0.3, -0.25) is 4.90 Å². The average molecular weight is 141 g/mol. The van der Waals surface area contributed by atoms with E-state index in [0.29, 0.717) is 6.04 Å². The lowest BCUT2D eigenvalue weighted by atomic mass is 10.2. The molecule has 1 saturated heterocycles. The molecule has 1 rings (SSSR count). The molecule has 1 aliphatic rings. The minimum Gasteiger partial charge on any atom is -0.378 e. The Morgan fingerprint density at radius 2 is 2.30 bits per heavy atom. The summed E-state index contributed by atoms with van der Waals surface area (Å²) in [4.78, 5) is 2.28. The molecule has 0 aliphatic carbocycles. The summed E-state index contributed by atoms with van der Waals surface area (Å²) < 4.78 is 5.07. The molecule has 0 aromatic carbocycles. The van der Waals surface area contributed by atoms with Gasteiger partial charge in [-0.15, -0.1) is 0 Å². The maximum Gasteiger partial charge on any atom is 0.0645 e. The topological polar surface area (TPSA) is 12.5 Å². The van der Waals surface area contributed by atoms with E-state index >= 15 is 0 Å². The van der Waals surface area contributed by atoms with Crippen LogP contribution in [0.1, 0.15) is 6.92 Å². The van der Waals surface area contributed by atoms with E-state index in [1.807, 2.05) is 0 Å². The normalized spacial score (nSPS) is 19.1. The van der Waals surface area contributed by atoms with E-state index < -0.39 is 0 Å². The third-order valence-electron chi connectivity index (χ3n) is 1.76. The van der Waals surface area contributed by atoms with E-state index in [-0.39, 0.29) is 0 Å². The van der Waals surface area contributed by atoms with Crippen molar-refractivity contribution in [3.8, 4) is 0 Å². The molecule has 2 heteroatoms. The molecule has 0 unspecified atom stereocenters. The molecule has 0 spiro atoms. The van der Waals surface area contributed by atoms with Crippen molar-refractivity contribution in [3.05, 3.63) is 12.2 Å². The minimum absolute atomic E-state index is 0.636. The lowest BCUT2D eigenvalue weighted by Gasteiger charge is -2.34. The fraction of sp³-hybridized carbons (Fsp3) is 0.750. The Hall–Kier alpha value is -0.340. The number of hydrogen-bond acceptors (Lipinski definition) is 2. The first kappa shape index (κ1) is 7.76. The number of rotatable bonds is 3. The molecule has 0 bridgehead atoms. The molecular weight excluding hydrogens is 126 g/mol. The summed E-state index contributed by atoms with van der Waals surface area (Å²) in [7, 11) is 2.11. The first-order chi connectivity index (χ1) is 4.70. The number of likely N-dealkylation sites (N-methyl/N-ethyl adjacent to an activating group) is 1. The predicted molar refractivity (Wildman–Crippen MR) is 42.1 cm³/mol. The first-order valence-corrected chi connectivity index (χ1v) is 3.62. The molecule has 0 atom stereocenters. The quantitative estimate of drug-likeness (QED) is 0.541. The van der Waals surface area contributed by atoms with Gasteiger partial charge in [-0.2, -0.15) is 0 Å². The molecular formula is C8H15NO. The minimum atomic E-state index is 0.636. The van der Waals surface area contributed by atoms with Gasteiger partial charge < -0.3 is 4.74 Å². The highest BCUT2D eigenvalue weighted by molar-refractivity contribution is 4.93. The third kappa shape index (κ3) is 1.82. The van der Waals surface area contributed by atoms with E-state index in [1.165, 1.54) is 5.57 Å². The lowest BCUT2D eigenvalue weighted by Crippen LogP contribution is -2.47. The monoisotopic (exact) mass is 141 g/mol. The number of hydrogen-bond donors (Lipinski definition) is 0. The molecule has 1 fully saturated rings. The number of ether oxygens (including phenoxy) is 1. The second kappa shape index (κ2) is 3.17. The second-order valence-corrected chi connectivity index (χ2v) is 3.06. The van der Waals surface area contributed by atoms with Crippen LogP contribution in [0.5, 0.6) is 0 Å². The highest BCUT2D eigenvalue weighted by Crippen LogP contribution is 2.08.